The largest absolute Gasteiger partial charge is 0.393 e. The SMILES string of the molecule is C[C@@H](O)C1CC[C@H]2[C@@H]3CCC4CC(O)CC[C@]4(C)[C@H]3CC[C@]12C. The van der Waals surface area contributed by atoms with Crippen LogP contribution in [-0.4, -0.2) is 22.4 Å². The van der Waals surface area contributed by atoms with Gasteiger partial charge in [-0.05, 0) is 105 Å². The van der Waals surface area contributed by atoms with Gasteiger partial charge in [0, 0.05) is 0 Å². The molecule has 0 aliphatic heterocycles. The molecule has 0 heterocycles. The van der Waals surface area contributed by atoms with Gasteiger partial charge in [0.15, 0.2) is 0 Å². The molecule has 23 heavy (non-hydrogen) atoms. The van der Waals surface area contributed by atoms with Crippen LogP contribution in [0.25, 0.3) is 0 Å². The van der Waals surface area contributed by atoms with Crippen molar-refractivity contribution < 1.29 is 10.2 Å². The molecule has 2 N–H and O–H groups in total. The molecule has 4 rings (SSSR count). The molecule has 2 heteroatoms. The van der Waals surface area contributed by atoms with Crippen molar-refractivity contribution in [2.24, 2.45) is 40.4 Å². The number of rotatable bonds is 1. The summed E-state index contributed by atoms with van der Waals surface area (Å²) in [6, 6.07) is 0. The Kier molecular flexibility index (Phi) is 3.89. The van der Waals surface area contributed by atoms with E-state index in [2.05, 4.69) is 13.8 Å². The molecule has 132 valence electrons. The van der Waals surface area contributed by atoms with E-state index < -0.39 is 0 Å². The summed E-state index contributed by atoms with van der Waals surface area (Å²) in [6.07, 6.45) is 11.1. The van der Waals surface area contributed by atoms with Gasteiger partial charge in [-0.2, -0.15) is 0 Å². The average molecular weight is 321 g/mol. The average Bonchev–Trinajstić information content (AvgIpc) is 2.85. The molecule has 0 bridgehead atoms. The van der Waals surface area contributed by atoms with Crippen LogP contribution >= 0.6 is 0 Å². The van der Waals surface area contributed by atoms with Gasteiger partial charge in [-0.1, -0.05) is 13.8 Å². The molecule has 3 unspecified atom stereocenters. The van der Waals surface area contributed by atoms with Crippen LogP contribution in [0.4, 0.5) is 0 Å². The lowest BCUT2D eigenvalue weighted by Crippen LogP contribution is -2.54. The summed E-state index contributed by atoms with van der Waals surface area (Å²) in [5.74, 6) is 3.87. The molecule has 0 aromatic heterocycles. The summed E-state index contributed by atoms with van der Waals surface area (Å²) in [7, 11) is 0. The molecule has 4 aliphatic rings. The Balaban J connectivity index is 1.60. The van der Waals surface area contributed by atoms with Crippen LogP contribution in [-0.2, 0) is 0 Å². The second kappa shape index (κ2) is 5.46. The third-order valence-electron chi connectivity index (χ3n) is 9.29. The maximum Gasteiger partial charge on any atom is 0.0545 e. The van der Waals surface area contributed by atoms with E-state index in [1.807, 2.05) is 6.92 Å². The van der Waals surface area contributed by atoms with Crippen LogP contribution in [0.5, 0.6) is 0 Å². The van der Waals surface area contributed by atoms with Crippen LogP contribution in [0.3, 0.4) is 0 Å². The lowest BCUT2D eigenvalue weighted by molar-refractivity contribution is -0.132. The first kappa shape index (κ1) is 16.4. The first-order valence-corrected chi connectivity index (χ1v) is 10.2. The van der Waals surface area contributed by atoms with Crippen molar-refractivity contribution in [3.05, 3.63) is 0 Å². The summed E-state index contributed by atoms with van der Waals surface area (Å²) in [4.78, 5) is 0. The van der Waals surface area contributed by atoms with Gasteiger partial charge < -0.3 is 10.2 Å². The second-order valence-electron chi connectivity index (χ2n) is 10.1. The van der Waals surface area contributed by atoms with E-state index in [4.69, 9.17) is 0 Å². The zero-order valence-electron chi connectivity index (χ0n) is 15.3. The van der Waals surface area contributed by atoms with E-state index >= 15 is 0 Å². The van der Waals surface area contributed by atoms with Crippen molar-refractivity contribution in [3.8, 4) is 0 Å². The number of aliphatic hydroxyl groups is 2. The quantitative estimate of drug-likeness (QED) is 0.752. The first-order chi connectivity index (χ1) is 10.9. The van der Waals surface area contributed by atoms with E-state index in [1.54, 1.807) is 0 Å². The molecule has 0 radical (unpaired) electrons. The third kappa shape index (κ3) is 2.27. The summed E-state index contributed by atoms with van der Waals surface area (Å²) < 4.78 is 0. The molecule has 4 saturated carbocycles. The van der Waals surface area contributed by atoms with Gasteiger partial charge in [0.1, 0.15) is 0 Å². The van der Waals surface area contributed by atoms with Crippen molar-refractivity contribution in [2.75, 3.05) is 0 Å². The highest BCUT2D eigenvalue weighted by Gasteiger charge is 2.60. The Labute approximate surface area is 142 Å². The lowest BCUT2D eigenvalue weighted by Gasteiger charge is -2.61. The number of hydrogen-bond donors (Lipinski definition) is 2. The predicted molar refractivity (Wildman–Crippen MR) is 92.9 cm³/mol. The van der Waals surface area contributed by atoms with Crippen molar-refractivity contribution in [1.82, 2.24) is 0 Å². The van der Waals surface area contributed by atoms with Crippen LogP contribution in [0, 0.1) is 40.4 Å². The van der Waals surface area contributed by atoms with Crippen molar-refractivity contribution >= 4 is 0 Å². The lowest BCUT2D eigenvalue weighted by atomic mass is 9.44. The van der Waals surface area contributed by atoms with E-state index in [9.17, 15) is 10.2 Å². The molecule has 4 fully saturated rings. The molecule has 0 aromatic carbocycles. The molecule has 2 nitrogen and oxygen atoms in total. The zero-order chi connectivity index (χ0) is 16.4. The number of fused-ring (bicyclic) bond motifs is 5. The van der Waals surface area contributed by atoms with Gasteiger partial charge >= 0.3 is 0 Å². The normalized spacial score (nSPS) is 57.3. The van der Waals surface area contributed by atoms with E-state index in [0.29, 0.717) is 16.7 Å². The molecule has 0 aromatic rings. The molecular weight excluding hydrogens is 284 g/mol. The maximum atomic E-state index is 10.3. The molecule has 0 saturated heterocycles. The predicted octanol–water partition coefficient (Wildman–Crippen LogP) is 4.39. The number of aliphatic hydroxyl groups excluding tert-OH is 2. The van der Waals surface area contributed by atoms with Gasteiger partial charge in [0.25, 0.3) is 0 Å². The third-order valence-corrected chi connectivity index (χ3v) is 9.29. The molecule has 0 spiro atoms. The van der Waals surface area contributed by atoms with Gasteiger partial charge in [0.2, 0.25) is 0 Å². The highest BCUT2D eigenvalue weighted by atomic mass is 16.3. The summed E-state index contributed by atoms with van der Waals surface area (Å²) in [5, 5.41) is 20.4. The van der Waals surface area contributed by atoms with Gasteiger partial charge in [-0.3, -0.25) is 0 Å². The highest BCUT2D eigenvalue weighted by Crippen LogP contribution is 2.67. The summed E-state index contributed by atoms with van der Waals surface area (Å²) in [6.45, 7) is 7.08. The maximum absolute atomic E-state index is 10.3. The zero-order valence-corrected chi connectivity index (χ0v) is 15.3. The Hall–Kier alpha value is -0.0800. The van der Waals surface area contributed by atoms with E-state index in [-0.39, 0.29) is 12.2 Å². The standard InChI is InChI=1S/C21H36O2/c1-13(22)17-6-7-18-16-5-4-14-12-15(23)8-10-20(14,2)19(16)9-11-21(17,18)3/h13-19,22-23H,4-12H2,1-3H3/t13-,14?,15?,16+,17?,18+,19+,20+,21-/m1/s1. The Morgan fingerprint density at radius 2 is 1.57 bits per heavy atom. The minimum absolute atomic E-state index is 0.0374. The van der Waals surface area contributed by atoms with Crippen molar-refractivity contribution in [2.45, 2.75) is 90.8 Å². The van der Waals surface area contributed by atoms with Crippen LogP contribution in [0.15, 0.2) is 0 Å². The Bertz CT molecular complexity index is 461. The minimum atomic E-state index is -0.140. The monoisotopic (exact) mass is 320 g/mol. The fourth-order valence-corrected chi connectivity index (χ4v) is 8.07. The fourth-order valence-electron chi connectivity index (χ4n) is 8.07. The fraction of sp³-hybridized carbons (Fsp3) is 1.00. The second-order valence-corrected chi connectivity index (χ2v) is 10.1. The van der Waals surface area contributed by atoms with Crippen LogP contribution in [0.1, 0.15) is 78.6 Å². The van der Waals surface area contributed by atoms with Gasteiger partial charge in [-0.25, -0.2) is 0 Å². The first-order valence-electron chi connectivity index (χ1n) is 10.2. The summed E-state index contributed by atoms with van der Waals surface area (Å²) in [5.41, 5.74) is 0.860. The summed E-state index contributed by atoms with van der Waals surface area (Å²) >= 11 is 0. The van der Waals surface area contributed by atoms with E-state index in [1.165, 1.54) is 44.9 Å². The molecular formula is C21H36O2. The Morgan fingerprint density at radius 3 is 2.30 bits per heavy atom. The van der Waals surface area contributed by atoms with Crippen LogP contribution < -0.4 is 0 Å². The van der Waals surface area contributed by atoms with E-state index in [0.717, 1.165) is 36.5 Å². The van der Waals surface area contributed by atoms with Crippen molar-refractivity contribution in [3.63, 3.8) is 0 Å². The molecule has 9 atom stereocenters. The highest BCUT2D eigenvalue weighted by molar-refractivity contribution is 5.09. The smallest absolute Gasteiger partial charge is 0.0545 e. The van der Waals surface area contributed by atoms with Crippen molar-refractivity contribution in [1.29, 1.82) is 0 Å². The topological polar surface area (TPSA) is 40.5 Å². The van der Waals surface area contributed by atoms with Gasteiger partial charge in [-0.15, -0.1) is 0 Å². The Morgan fingerprint density at radius 1 is 0.870 bits per heavy atom. The van der Waals surface area contributed by atoms with Gasteiger partial charge in [0.05, 0.1) is 12.2 Å². The van der Waals surface area contributed by atoms with Crippen LogP contribution in [0.2, 0.25) is 0 Å². The molecule has 0 amide bonds. The number of hydrogen-bond acceptors (Lipinski definition) is 2. The minimum Gasteiger partial charge on any atom is -0.393 e. The molecule has 4 aliphatic carbocycles.